The molecule has 0 aliphatic heterocycles. The van der Waals surface area contributed by atoms with E-state index in [4.69, 9.17) is 4.74 Å². The second-order valence-corrected chi connectivity index (χ2v) is 11.4. The molecule has 3 aromatic rings. The minimum Gasteiger partial charge on any atom is -0.462 e. The second-order valence-electron chi connectivity index (χ2n) is 11.4. The van der Waals surface area contributed by atoms with Crippen molar-refractivity contribution in [3.63, 3.8) is 0 Å². The molecule has 0 radical (unpaired) electrons. The molecule has 0 spiro atoms. The van der Waals surface area contributed by atoms with Crippen molar-refractivity contribution < 1.29 is 14.6 Å². The summed E-state index contributed by atoms with van der Waals surface area (Å²) in [5, 5.41) is 9.34. The van der Waals surface area contributed by atoms with Crippen LogP contribution in [-0.2, 0) is 28.8 Å². The smallest absolute Gasteiger partial charge is 0.333 e. The van der Waals surface area contributed by atoms with Crippen LogP contribution in [0.25, 0.3) is 22.3 Å². The lowest BCUT2D eigenvalue weighted by Gasteiger charge is -2.15. The van der Waals surface area contributed by atoms with E-state index in [2.05, 4.69) is 81.1 Å². The maximum absolute atomic E-state index is 11.8. The van der Waals surface area contributed by atoms with Crippen molar-refractivity contribution in [1.29, 1.82) is 0 Å². The highest BCUT2D eigenvalue weighted by Crippen LogP contribution is 2.31. The Kier molecular flexibility index (Phi) is 13.9. The van der Waals surface area contributed by atoms with Gasteiger partial charge in [0.15, 0.2) is 0 Å². The lowest BCUT2D eigenvalue weighted by molar-refractivity contribution is -0.138. The van der Waals surface area contributed by atoms with Crippen LogP contribution in [0.4, 0.5) is 0 Å². The monoisotopic (exact) mass is 554 g/mol. The molecule has 0 unspecified atom stereocenters. The Morgan fingerprint density at radius 1 is 0.732 bits per heavy atom. The van der Waals surface area contributed by atoms with E-state index in [0.717, 1.165) is 24.0 Å². The fourth-order valence-corrected chi connectivity index (χ4v) is 5.41. The van der Waals surface area contributed by atoms with Gasteiger partial charge in [0, 0.05) is 18.6 Å². The number of carbonyl (C=O) groups excluding carboxylic acids is 1. The van der Waals surface area contributed by atoms with Crippen LogP contribution in [0.1, 0.15) is 93.9 Å². The molecule has 3 nitrogen and oxygen atoms in total. The summed E-state index contributed by atoms with van der Waals surface area (Å²) < 4.78 is 5.37. The molecule has 0 aromatic heterocycles. The zero-order valence-corrected chi connectivity index (χ0v) is 25.6. The number of esters is 1. The molecule has 0 saturated carbocycles. The highest BCUT2D eigenvalue weighted by Gasteiger charge is 2.11. The standard InChI is InChI=1S/C38H50O3/c1-5-6-7-8-9-10-11-12-14-31-16-18-33(19-17-31)34-22-23-37(30(4)27-34)36-21-20-32(15-13-25-39)35(28-36)24-26-41-38(40)29(2)3/h16-23,27-28,39H,2,5-15,24-26H2,1,3-4H3. The SMILES string of the molecule is C=C(C)C(=O)OCCc1cc(-c2ccc(-c3ccc(CCCCCCCCCC)cc3)cc2C)ccc1CCCO. The first kappa shape index (κ1) is 32.3. The third kappa shape index (κ3) is 10.6. The van der Waals surface area contributed by atoms with Crippen LogP contribution in [0, 0.1) is 6.92 Å². The molecule has 41 heavy (non-hydrogen) atoms. The fraction of sp³-hybridized carbons (Fsp3) is 0.447. The van der Waals surface area contributed by atoms with Crippen LogP contribution in [0.5, 0.6) is 0 Å². The van der Waals surface area contributed by atoms with E-state index >= 15 is 0 Å². The second kappa shape index (κ2) is 17.6. The fourth-order valence-electron chi connectivity index (χ4n) is 5.41. The predicted molar refractivity (Wildman–Crippen MR) is 173 cm³/mol. The number of rotatable bonds is 18. The van der Waals surface area contributed by atoms with Gasteiger partial charge in [0.1, 0.15) is 0 Å². The van der Waals surface area contributed by atoms with Gasteiger partial charge in [0.05, 0.1) is 6.61 Å². The summed E-state index contributed by atoms with van der Waals surface area (Å²) in [6.07, 6.45) is 14.2. The molecule has 0 aliphatic carbocycles. The maximum atomic E-state index is 11.8. The van der Waals surface area contributed by atoms with Gasteiger partial charge in [-0.3, -0.25) is 0 Å². The van der Waals surface area contributed by atoms with Crippen LogP contribution in [-0.4, -0.2) is 24.3 Å². The van der Waals surface area contributed by atoms with Crippen LogP contribution >= 0.6 is 0 Å². The molecule has 3 aromatic carbocycles. The van der Waals surface area contributed by atoms with Crippen LogP contribution in [0.15, 0.2) is 72.8 Å². The Balaban J connectivity index is 1.63. The van der Waals surface area contributed by atoms with E-state index in [1.165, 1.54) is 84.7 Å². The Hall–Kier alpha value is -3.17. The zero-order valence-electron chi connectivity index (χ0n) is 25.6. The molecule has 0 saturated heterocycles. The van der Waals surface area contributed by atoms with Crippen molar-refractivity contribution in [3.05, 3.63) is 95.1 Å². The summed E-state index contributed by atoms with van der Waals surface area (Å²) in [6, 6.07) is 22.3. The van der Waals surface area contributed by atoms with Gasteiger partial charge in [-0.05, 0) is 84.0 Å². The van der Waals surface area contributed by atoms with Gasteiger partial charge in [0.25, 0.3) is 0 Å². The van der Waals surface area contributed by atoms with Gasteiger partial charge in [-0.1, -0.05) is 119 Å². The molecule has 0 heterocycles. The normalized spacial score (nSPS) is 11.0. The molecular formula is C38H50O3. The Morgan fingerprint density at radius 3 is 2.05 bits per heavy atom. The molecule has 0 atom stereocenters. The molecule has 0 fully saturated rings. The van der Waals surface area contributed by atoms with Crippen molar-refractivity contribution in [2.24, 2.45) is 0 Å². The number of aliphatic hydroxyl groups is 1. The first-order chi connectivity index (χ1) is 19.9. The van der Waals surface area contributed by atoms with Gasteiger partial charge in [-0.2, -0.15) is 0 Å². The minimum atomic E-state index is -0.356. The summed E-state index contributed by atoms with van der Waals surface area (Å²) in [5.74, 6) is -0.356. The number of hydrogen-bond acceptors (Lipinski definition) is 3. The molecule has 0 amide bonds. The average Bonchev–Trinajstić information content (AvgIpc) is 2.98. The quantitative estimate of drug-likeness (QED) is 0.0967. The van der Waals surface area contributed by atoms with Crippen molar-refractivity contribution in [2.45, 2.75) is 97.8 Å². The van der Waals surface area contributed by atoms with Crippen molar-refractivity contribution in [2.75, 3.05) is 13.2 Å². The summed E-state index contributed by atoms with van der Waals surface area (Å²) in [6.45, 7) is 10.2. The third-order valence-electron chi connectivity index (χ3n) is 7.91. The highest BCUT2D eigenvalue weighted by atomic mass is 16.5. The molecule has 3 rings (SSSR count). The molecule has 220 valence electrons. The van der Waals surface area contributed by atoms with E-state index < -0.39 is 0 Å². The topological polar surface area (TPSA) is 46.5 Å². The summed E-state index contributed by atoms with van der Waals surface area (Å²) >= 11 is 0. The Morgan fingerprint density at radius 2 is 1.39 bits per heavy atom. The van der Waals surface area contributed by atoms with Gasteiger partial charge in [-0.15, -0.1) is 0 Å². The van der Waals surface area contributed by atoms with Gasteiger partial charge < -0.3 is 9.84 Å². The number of hydrogen-bond donors (Lipinski definition) is 1. The third-order valence-corrected chi connectivity index (χ3v) is 7.91. The Bertz CT molecular complexity index is 1240. The van der Waals surface area contributed by atoms with Crippen molar-refractivity contribution >= 4 is 5.97 Å². The molecular weight excluding hydrogens is 504 g/mol. The highest BCUT2D eigenvalue weighted by molar-refractivity contribution is 5.86. The van der Waals surface area contributed by atoms with E-state index in [1.807, 2.05) is 0 Å². The summed E-state index contributed by atoms with van der Waals surface area (Å²) in [5.41, 5.74) is 10.3. The van der Waals surface area contributed by atoms with Crippen LogP contribution < -0.4 is 0 Å². The number of ether oxygens (including phenoxy) is 1. The first-order valence-electron chi connectivity index (χ1n) is 15.7. The largest absolute Gasteiger partial charge is 0.462 e. The summed E-state index contributed by atoms with van der Waals surface area (Å²) in [4.78, 5) is 11.8. The lowest BCUT2D eigenvalue weighted by Crippen LogP contribution is -2.09. The first-order valence-corrected chi connectivity index (χ1v) is 15.7. The van der Waals surface area contributed by atoms with Gasteiger partial charge >= 0.3 is 5.97 Å². The van der Waals surface area contributed by atoms with Gasteiger partial charge in [-0.25, -0.2) is 4.79 Å². The zero-order chi connectivity index (χ0) is 29.5. The lowest BCUT2D eigenvalue weighted by atomic mass is 9.91. The van der Waals surface area contributed by atoms with E-state index in [1.54, 1.807) is 6.92 Å². The number of unbranched alkanes of at least 4 members (excludes halogenated alkanes) is 7. The summed E-state index contributed by atoms with van der Waals surface area (Å²) in [7, 11) is 0. The number of aliphatic hydroxyl groups excluding tert-OH is 1. The van der Waals surface area contributed by atoms with Crippen LogP contribution in [0.2, 0.25) is 0 Å². The van der Waals surface area contributed by atoms with E-state index in [0.29, 0.717) is 25.0 Å². The molecule has 0 bridgehead atoms. The Labute approximate surface area is 248 Å². The van der Waals surface area contributed by atoms with Crippen molar-refractivity contribution in [3.8, 4) is 22.3 Å². The molecule has 0 aliphatic rings. The van der Waals surface area contributed by atoms with Gasteiger partial charge in [0.2, 0.25) is 0 Å². The average molecular weight is 555 g/mol. The minimum absolute atomic E-state index is 0.159. The van der Waals surface area contributed by atoms with E-state index in [9.17, 15) is 9.90 Å². The maximum Gasteiger partial charge on any atom is 0.333 e. The number of aryl methyl sites for hydroxylation is 3. The van der Waals surface area contributed by atoms with Crippen LogP contribution in [0.3, 0.4) is 0 Å². The van der Waals surface area contributed by atoms with Crippen molar-refractivity contribution in [1.82, 2.24) is 0 Å². The number of carbonyl (C=O) groups is 1. The number of benzene rings is 3. The van der Waals surface area contributed by atoms with E-state index in [-0.39, 0.29) is 12.6 Å². The predicted octanol–water partition coefficient (Wildman–Crippen LogP) is 9.60. The molecule has 1 N–H and O–H groups in total. The molecule has 3 heteroatoms.